The quantitative estimate of drug-likeness (QED) is 0.461. The molecule has 0 atom stereocenters. The van der Waals surface area contributed by atoms with Gasteiger partial charge in [-0.2, -0.15) is 0 Å². The Morgan fingerprint density at radius 3 is 2.87 bits per heavy atom. The number of aryl methyl sites for hydroxylation is 3. The van der Waals surface area contributed by atoms with Crippen molar-refractivity contribution in [3.8, 4) is 0 Å². The fourth-order valence-corrected chi connectivity index (χ4v) is 6.69. The van der Waals surface area contributed by atoms with Crippen molar-refractivity contribution in [1.82, 2.24) is 14.7 Å². The normalized spacial score (nSPS) is 16.8. The Hall–Kier alpha value is -2.13. The molecule has 1 N–H and O–H groups in total. The zero-order valence-electron chi connectivity index (χ0n) is 16.9. The van der Waals surface area contributed by atoms with E-state index in [1.54, 1.807) is 24.3 Å². The maximum absolute atomic E-state index is 13.6. The summed E-state index contributed by atoms with van der Waals surface area (Å²) in [6.45, 7) is 1.78. The highest BCUT2D eigenvalue weighted by molar-refractivity contribution is 7.99. The summed E-state index contributed by atoms with van der Waals surface area (Å²) in [6.07, 6.45) is 8.60. The van der Waals surface area contributed by atoms with Gasteiger partial charge in [-0.15, -0.1) is 11.3 Å². The van der Waals surface area contributed by atoms with Crippen LogP contribution in [0.1, 0.15) is 60.8 Å². The Balaban J connectivity index is 1.47. The summed E-state index contributed by atoms with van der Waals surface area (Å²) in [7, 11) is 0. The number of carbonyl (C=O) groups is 1. The van der Waals surface area contributed by atoms with E-state index in [1.807, 2.05) is 4.57 Å². The van der Waals surface area contributed by atoms with Crippen LogP contribution in [0.15, 0.2) is 20.5 Å². The van der Waals surface area contributed by atoms with Crippen LogP contribution in [0.3, 0.4) is 0 Å². The predicted molar refractivity (Wildman–Crippen MR) is 119 cm³/mol. The third-order valence-corrected chi connectivity index (χ3v) is 8.04. The van der Waals surface area contributed by atoms with Crippen LogP contribution < -0.4 is 10.9 Å². The van der Waals surface area contributed by atoms with Crippen LogP contribution >= 0.6 is 23.1 Å². The van der Waals surface area contributed by atoms with E-state index < -0.39 is 0 Å². The standard InChI is InChI=1S/C21H24N4O3S2/c1-12-10-16(24-28-12)22-17(26)11-29-21-23-19-18(14-8-4-5-9-15(14)30-19)20(27)25(21)13-6-2-3-7-13/h10,13H,2-9,11H2,1H3,(H,22,24,26). The van der Waals surface area contributed by atoms with Crippen molar-refractivity contribution in [2.45, 2.75) is 69.5 Å². The van der Waals surface area contributed by atoms with Gasteiger partial charge in [-0.05, 0) is 51.0 Å². The van der Waals surface area contributed by atoms with Gasteiger partial charge in [0.15, 0.2) is 11.0 Å². The molecule has 1 saturated carbocycles. The first-order chi connectivity index (χ1) is 14.6. The molecule has 3 aromatic heterocycles. The Morgan fingerprint density at radius 1 is 1.30 bits per heavy atom. The lowest BCUT2D eigenvalue weighted by molar-refractivity contribution is -0.113. The van der Waals surface area contributed by atoms with Crippen LogP contribution in [0.25, 0.3) is 10.2 Å². The number of anilines is 1. The number of nitrogens with one attached hydrogen (secondary N) is 1. The number of fused-ring (bicyclic) bond motifs is 3. The van der Waals surface area contributed by atoms with Gasteiger partial charge in [-0.25, -0.2) is 4.98 Å². The number of hydrogen-bond donors (Lipinski definition) is 1. The third-order valence-electron chi connectivity index (χ3n) is 5.91. The molecule has 1 fully saturated rings. The maximum Gasteiger partial charge on any atom is 0.263 e. The van der Waals surface area contributed by atoms with Crippen LogP contribution in [-0.4, -0.2) is 26.4 Å². The number of thioether (sulfide) groups is 1. The lowest BCUT2D eigenvalue weighted by Crippen LogP contribution is -2.27. The summed E-state index contributed by atoms with van der Waals surface area (Å²) in [5.41, 5.74) is 1.31. The fourth-order valence-electron chi connectivity index (χ4n) is 4.52. The molecule has 0 radical (unpaired) electrons. The molecule has 3 aromatic rings. The van der Waals surface area contributed by atoms with Crippen LogP contribution in [-0.2, 0) is 17.6 Å². The highest BCUT2D eigenvalue weighted by atomic mass is 32.2. The molecule has 30 heavy (non-hydrogen) atoms. The average molecular weight is 445 g/mol. The van der Waals surface area contributed by atoms with E-state index in [0.29, 0.717) is 16.7 Å². The smallest absolute Gasteiger partial charge is 0.263 e. The number of aromatic nitrogens is 3. The molecule has 9 heteroatoms. The number of nitrogens with zero attached hydrogens (tertiary/aromatic N) is 3. The van der Waals surface area contributed by atoms with Crippen molar-refractivity contribution in [1.29, 1.82) is 0 Å². The molecule has 158 valence electrons. The largest absolute Gasteiger partial charge is 0.360 e. The zero-order chi connectivity index (χ0) is 20.7. The Kier molecular flexibility index (Phi) is 5.41. The van der Waals surface area contributed by atoms with E-state index in [4.69, 9.17) is 9.51 Å². The molecule has 5 rings (SSSR count). The van der Waals surface area contributed by atoms with Crippen molar-refractivity contribution in [3.63, 3.8) is 0 Å². The molecule has 3 heterocycles. The molecular formula is C21H24N4O3S2. The van der Waals surface area contributed by atoms with Gasteiger partial charge >= 0.3 is 0 Å². The van der Waals surface area contributed by atoms with Crippen LogP contribution in [0.5, 0.6) is 0 Å². The van der Waals surface area contributed by atoms with Crippen LogP contribution in [0, 0.1) is 6.92 Å². The number of thiophene rings is 1. The molecule has 0 spiro atoms. The Bertz CT molecular complexity index is 1160. The summed E-state index contributed by atoms with van der Waals surface area (Å²) >= 11 is 2.99. The number of hydrogen-bond acceptors (Lipinski definition) is 7. The van der Waals surface area contributed by atoms with Gasteiger partial charge in [0.05, 0.1) is 11.1 Å². The van der Waals surface area contributed by atoms with E-state index in [0.717, 1.165) is 55.2 Å². The summed E-state index contributed by atoms with van der Waals surface area (Å²) < 4.78 is 6.87. The van der Waals surface area contributed by atoms with Gasteiger partial charge in [0.25, 0.3) is 5.56 Å². The van der Waals surface area contributed by atoms with Gasteiger partial charge in [0.1, 0.15) is 10.6 Å². The van der Waals surface area contributed by atoms with Crippen molar-refractivity contribution >= 4 is 45.0 Å². The molecule has 0 saturated heterocycles. The van der Waals surface area contributed by atoms with E-state index >= 15 is 0 Å². The summed E-state index contributed by atoms with van der Waals surface area (Å²) in [4.78, 5) is 33.1. The molecule has 0 unspecified atom stereocenters. The SMILES string of the molecule is Cc1cc(NC(=O)CSc2nc3sc4c(c3c(=O)n2C2CCCC2)CCCC4)no1. The summed E-state index contributed by atoms with van der Waals surface area (Å²) in [6, 6.07) is 1.86. The first kappa shape index (κ1) is 19.8. The molecule has 0 bridgehead atoms. The van der Waals surface area contributed by atoms with Crippen LogP contribution in [0.4, 0.5) is 5.82 Å². The second-order valence-corrected chi connectivity index (χ2v) is 10.1. The maximum atomic E-state index is 13.6. The van der Waals surface area contributed by atoms with E-state index in [1.165, 1.54) is 28.6 Å². The molecule has 0 aromatic carbocycles. The van der Waals surface area contributed by atoms with E-state index in [2.05, 4.69) is 10.5 Å². The van der Waals surface area contributed by atoms with Gasteiger partial charge in [-0.3, -0.25) is 14.2 Å². The van der Waals surface area contributed by atoms with Crippen molar-refractivity contribution in [2.75, 3.05) is 11.1 Å². The highest BCUT2D eigenvalue weighted by Gasteiger charge is 2.27. The lowest BCUT2D eigenvalue weighted by atomic mass is 9.97. The second-order valence-electron chi connectivity index (χ2n) is 8.06. The van der Waals surface area contributed by atoms with Gasteiger partial charge in [-0.1, -0.05) is 29.8 Å². The highest BCUT2D eigenvalue weighted by Crippen LogP contribution is 2.37. The monoisotopic (exact) mass is 444 g/mol. The first-order valence-electron chi connectivity index (χ1n) is 10.5. The zero-order valence-corrected chi connectivity index (χ0v) is 18.5. The molecule has 2 aliphatic carbocycles. The number of amides is 1. The molecule has 7 nitrogen and oxygen atoms in total. The van der Waals surface area contributed by atoms with Crippen molar-refractivity contribution in [2.24, 2.45) is 0 Å². The molecular weight excluding hydrogens is 420 g/mol. The Labute approximate surface area is 182 Å². The van der Waals surface area contributed by atoms with Crippen molar-refractivity contribution < 1.29 is 9.32 Å². The van der Waals surface area contributed by atoms with E-state index in [9.17, 15) is 9.59 Å². The lowest BCUT2D eigenvalue weighted by Gasteiger charge is -2.18. The first-order valence-corrected chi connectivity index (χ1v) is 12.3. The fraction of sp³-hybridized carbons (Fsp3) is 0.524. The van der Waals surface area contributed by atoms with E-state index in [-0.39, 0.29) is 23.3 Å². The van der Waals surface area contributed by atoms with Gasteiger partial charge < -0.3 is 9.84 Å². The number of rotatable bonds is 5. The summed E-state index contributed by atoms with van der Waals surface area (Å²) in [5.74, 6) is 1.02. The number of carbonyl (C=O) groups excluding carboxylic acids is 1. The minimum Gasteiger partial charge on any atom is -0.360 e. The molecule has 2 aliphatic rings. The Morgan fingerprint density at radius 2 is 2.10 bits per heavy atom. The summed E-state index contributed by atoms with van der Waals surface area (Å²) in [5, 5.41) is 8.02. The van der Waals surface area contributed by atoms with Crippen molar-refractivity contribution in [3.05, 3.63) is 32.6 Å². The van der Waals surface area contributed by atoms with Crippen LogP contribution in [0.2, 0.25) is 0 Å². The topological polar surface area (TPSA) is 90.0 Å². The third kappa shape index (κ3) is 3.69. The average Bonchev–Trinajstić information content (AvgIpc) is 3.46. The van der Waals surface area contributed by atoms with Gasteiger partial charge in [0, 0.05) is 17.0 Å². The predicted octanol–water partition coefficient (Wildman–Crippen LogP) is 4.48. The molecule has 1 amide bonds. The minimum atomic E-state index is -0.189. The second kappa shape index (κ2) is 8.19. The molecule has 0 aliphatic heterocycles. The minimum absolute atomic E-state index is 0.0846. The van der Waals surface area contributed by atoms with Gasteiger partial charge in [0.2, 0.25) is 5.91 Å².